The molecule has 0 aliphatic heterocycles. The normalized spacial score (nSPS) is 11.3. The molecule has 0 bridgehead atoms. The molecule has 0 radical (unpaired) electrons. The third-order valence-electron chi connectivity index (χ3n) is 3.64. The predicted octanol–water partition coefficient (Wildman–Crippen LogP) is 5.58. The van der Waals surface area contributed by atoms with E-state index in [2.05, 4.69) is 15.3 Å². The minimum Gasteiger partial charge on any atom is -0.437 e. The smallest absolute Gasteiger partial charge is 0.416 e. The number of halogens is 4. The molecule has 0 saturated heterocycles. The van der Waals surface area contributed by atoms with Crippen molar-refractivity contribution < 1.29 is 17.9 Å². The number of nitrogens with two attached hydrogens (primary N) is 1. The third kappa shape index (κ3) is 4.40. The Labute approximate surface area is 158 Å². The van der Waals surface area contributed by atoms with Crippen LogP contribution in [0.1, 0.15) is 11.1 Å². The molecule has 0 aliphatic carbocycles. The molecule has 27 heavy (non-hydrogen) atoms. The number of nitrogens with one attached hydrogen (secondary N) is 1. The number of anilines is 3. The van der Waals surface area contributed by atoms with Crippen LogP contribution in [0, 0.1) is 6.92 Å². The molecular weight excluding hydrogens is 381 g/mol. The topological polar surface area (TPSA) is 73.1 Å². The van der Waals surface area contributed by atoms with Crippen LogP contribution in [0.3, 0.4) is 0 Å². The van der Waals surface area contributed by atoms with Gasteiger partial charge in [-0.25, -0.2) is 4.98 Å². The van der Waals surface area contributed by atoms with Crippen molar-refractivity contribution in [3.8, 4) is 11.6 Å². The number of hydrogen-bond acceptors (Lipinski definition) is 5. The van der Waals surface area contributed by atoms with E-state index in [-0.39, 0.29) is 23.1 Å². The standard InChI is InChI=1S/C18H14ClF3N4O/c1-10-7-13(5-6-14(10)19)27-17-15(23)16(24-9-25-17)26-12-4-2-3-11(8-12)18(20,21)22/h2-9H,23H2,1H3,(H,24,25,26). The number of ether oxygens (including phenoxy) is 1. The quantitative estimate of drug-likeness (QED) is 0.604. The Hall–Kier alpha value is -3.00. The van der Waals surface area contributed by atoms with Gasteiger partial charge in [-0.05, 0) is 48.9 Å². The van der Waals surface area contributed by atoms with E-state index in [0.29, 0.717) is 10.8 Å². The summed E-state index contributed by atoms with van der Waals surface area (Å²) in [7, 11) is 0. The van der Waals surface area contributed by atoms with Crippen molar-refractivity contribution in [3.05, 3.63) is 64.9 Å². The minimum absolute atomic E-state index is 0.0579. The number of aryl methyl sites for hydroxylation is 1. The average Bonchev–Trinajstić information content (AvgIpc) is 2.61. The lowest BCUT2D eigenvalue weighted by Crippen LogP contribution is -2.06. The molecule has 2 aromatic carbocycles. The molecule has 140 valence electrons. The van der Waals surface area contributed by atoms with Crippen LogP contribution in [0.5, 0.6) is 11.6 Å². The van der Waals surface area contributed by atoms with Gasteiger partial charge >= 0.3 is 6.18 Å². The zero-order chi connectivity index (χ0) is 19.6. The first kappa shape index (κ1) is 18.8. The minimum atomic E-state index is -4.45. The molecule has 3 N–H and O–H groups in total. The van der Waals surface area contributed by atoms with E-state index >= 15 is 0 Å². The molecule has 0 atom stereocenters. The molecule has 1 heterocycles. The lowest BCUT2D eigenvalue weighted by Gasteiger charge is -2.13. The number of alkyl halides is 3. The number of benzene rings is 2. The van der Waals surface area contributed by atoms with Gasteiger partial charge in [0.1, 0.15) is 17.8 Å². The molecule has 0 fully saturated rings. The van der Waals surface area contributed by atoms with Crippen molar-refractivity contribution in [2.24, 2.45) is 0 Å². The highest BCUT2D eigenvalue weighted by Crippen LogP contribution is 2.34. The van der Waals surface area contributed by atoms with Crippen molar-refractivity contribution in [1.29, 1.82) is 0 Å². The predicted molar refractivity (Wildman–Crippen MR) is 97.4 cm³/mol. The first-order valence-electron chi connectivity index (χ1n) is 7.73. The number of nitrogen functional groups attached to an aromatic ring is 1. The number of rotatable bonds is 4. The largest absolute Gasteiger partial charge is 0.437 e. The van der Waals surface area contributed by atoms with Gasteiger partial charge in [0.05, 0.1) is 5.56 Å². The van der Waals surface area contributed by atoms with E-state index in [9.17, 15) is 13.2 Å². The molecule has 0 unspecified atom stereocenters. The summed E-state index contributed by atoms with van der Waals surface area (Å²) in [5.74, 6) is 0.665. The SMILES string of the molecule is Cc1cc(Oc2ncnc(Nc3cccc(C(F)(F)F)c3)c2N)ccc1Cl. The fourth-order valence-corrected chi connectivity index (χ4v) is 2.38. The Kier molecular flexibility index (Phi) is 5.09. The fourth-order valence-electron chi connectivity index (χ4n) is 2.26. The van der Waals surface area contributed by atoms with Crippen molar-refractivity contribution in [2.45, 2.75) is 13.1 Å². The molecule has 5 nitrogen and oxygen atoms in total. The van der Waals surface area contributed by atoms with E-state index in [1.165, 1.54) is 18.5 Å². The second-order valence-electron chi connectivity index (χ2n) is 5.66. The van der Waals surface area contributed by atoms with Crippen LogP contribution in [0.2, 0.25) is 5.02 Å². The number of hydrogen-bond donors (Lipinski definition) is 2. The van der Waals surface area contributed by atoms with Gasteiger partial charge in [0.2, 0.25) is 5.88 Å². The van der Waals surface area contributed by atoms with E-state index in [1.54, 1.807) is 18.2 Å². The van der Waals surface area contributed by atoms with Gasteiger partial charge in [-0.1, -0.05) is 17.7 Å². The molecule has 3 aromatic rings. The van der Waals surface area contributed by atoms with Crippen LogP contribution in [0.15, 0.2) is 48.8 Å². The highest BCUT2D eigenvalue weighted by Gasteiger charge is 2.30. The maximum atomic E-state index is 12.8. The van der Waals surface area contributed by atoms with Gasteiger partial charge in [-0.3, -0.25) is 0 Å². The van der Waals surface area contributed by atoms with Crippen LogP contribution in [-0.4, -0.2) is 9.97 Å². The summed E-state index contributed by atoms with van der Waals surface area (Å²) >= 11 is 5.98. The van der Waals surface area contributed by atoms with Gasteiger partial charge in [0, 0.05) is 10.7 Å². The summed E-state index contributed by atoms with van der Waals surface area (Å²) in [4.78, 5) is 7.94. The van der Waals surface area contributed by atoms with E-state index in [1.807, 2.05) is 6.92 Å². The maximum Gasteiger partial charge on any atom is 0.416 e. The Morgan fingerprint density at radius 1 is 1.11 bits per heavy atom. The Morgan fingerprint density at radius 2 is 1.89 bits per heavy atom. The number of nitrogens with zero attached hydrogens (tertiary/aromatic N) is 2. The van der Waals surface area contributed by atoms with Gasteiger partial charge < -0.3 is 15.8 Å². The lowest BCUT2D eigenvalue weighted by molar-refractivity contribution is -0.137. The number of aromatic nitrogens is 2. The molecule has 3 rings (SSSR count). The summed E-state index contributed by atoms with van der Waals surface area (Å²) in [6.45, 7) is 1.82. The Bertz CT molecular complexity index is 979. The average molecular weight is 395 g/mol. The summed E-state index contributed by atoms with van der Waals surface area (Å²) in [5.41, 5.74) is 6.28. The van der Waals surface area contributed by atoms with Gasteiger partial charge in [-0.15, -0.1) is 0 Å². The molecular formula is C18H14ClF3N4O. The first-order valence-corrected chi connectivity index (χ1v) is 8.10. The highest BCUT2D eigenvalue weighted by atomic mass is 35.5. The molecule has 0 aliphatic rings. The lowest BCUT2D eigenvalue weighted by atomic mass is 10.2. The monoisotopic (exact) mass is 394 g/mol. The van der Waals surface area contributed by atoms with Crippen molar-refractivity contribution in [1.82, 2.24) is 9.97 Å². The summed E-state index contributed by atoms with van der Waals surface area (Å²) < 4.78 is 44.2. The second-order valence-corrected chi connectivity index (χ2v) is 6.06. The van der Waals surface area contributed by atoms with Crippen molar-refractivity contribution >= 4 is 28.8 Å². The van der Waals surface area contributed by atoms with Crippen LogP contribution in [-0.2, 0) is 6.18 Å². The first-order chi connectivity index (χ1) is 12.7. The van der Waals surface area contributed by atoms with Crippen LogP contribution in [0.4, 0.5) is 30.4 Å². The van der Waals surface area contributed by atoms with Crippen molar-refractivity contribution in [2.75, 3.05) is 11.1 Å². The Balaban J connectivity index is 1.86. The van der Waals surface area contributed by atoms with E-state index < -0.39 is 11.7 Å². The molecule has 0 amide bonds. The zero-order valence-electron chi connectivity index (χ0n) is 14.0. The summed E-state index contributed by atoms with van der Waals surface area (Å²) in [6, 6.07) is 9.73. The van der Waals surface area contributed by atoms with Crippen LogP contribution in [0.25, 0.3) is 0 Å². The van der Waals surface area contributed by atoms with Crippen molar-refractivity contribution in [3.63, 3.8) is 0 Å². The third-order valence-corrected chi connectivity index (χ3v) is 4.07. The van der Waals surface area contributed by atoms with Crippen LogP contribution >= 0.6 is 11.6 Å². The summed E-state index contributed by atoms with van der Waals surface area (Å²) in [6.07, 6.45) is -3.25. The van der Waals surface area contributed by atoms with Gasteiger partial charge in [0.15, 0.2) is 5.82 Å². The van der Waals surface area contributed by atoms with E-state index in [4.69, 9.17) is 22.1 Å². The highest BCUT2D eigenvalue weighted by molar-refractivity contribution is 6.31. The zero-order valence-corrected chi connectivity index (χ0v) is 14.8. The maximum absolute atomic E-state index is 12.8. The van der Waals surface area contributed by atoms with E-state index in [0.717, 1.165) is 17.7 Å². The molecule has 1 aromatic heterocycles. The molecule has 0 spiro atoms. The Morgan fingerprint density at radius 3 is 2.59 bits per heavy atom. The van der Waals surface area contributed by atoms with Crippen LogP contribution < -0.4 is 15.8 Å². The van der Waals surface area contributed by atoms with Gasteiger partial charge in [0.25, 0.3) is 0 Å². The van der Waals surface area contributed by atoms with Gasteiger partial charge in [-0.2, -0.15) is 18.2 Å². The molecule has 9 heteroatoms. The molecule has 0 saturated carbocycles. The second kappa shape index (κ2) is 7.32. The summed E-state index contributed by atoms with van der Waals surface area (Å²) in [5, 5.41) is 3.34. The fraction of sp³-hybridized carbons (Fsp3) is 0.111.